The predicted molar refractivity (Wildman–Crippen MR) is 91.4 cm³/mol. The summed E-state index contributed by atoms with van der Waals surface area (Å²) < 4.78 is 13.9. The summed E-state index contributed by atoms with van der Waals surface area (Å²) in [6, 6.07) is 6.13. The second-order valence-electron chi connectivity index (χ2n) is 5.66. The van der Waals surface area contributed by atoms with Crippen molar-refractivity contribution in [2.75, 3.05) is 31.1 Å². The van der Waals surface area contributed by atoms with Crippen LogP contribution in [0.4, 0.5) is 14.9 Å². The quantitative estimate of drug-likeness (QED) is 0.689. The van der Waals surface area contributed by atoms with Crippen molar-refractivity contribution in [3.8, 4) is 0 Å². The minimum absolute atomic E-state index is 0.0883. The van der Waals surface area contributed by atoms with Crippen LogP contribution in [0.1, 0.15) is 12.8 Å². The molecule has 24 heavy (non-hydrogen) atoms. The average molecular weight is 334 g/mol. The molecule has 0 radical (unpaired) electrons. The summed E-state index contributed by atoms with van der Waals surface area (Å²) in [6.45, 7) is 5.06. The number of benzene rings is 1. The number of amides is 3. The molecule has 1 atom stereocenters. The van der Waals surface area contributed by atoms with E-state index in [9.17, 15) is 14.0 Å². The van der Waals surface area contributed by atoms with Crippen LogP contribution in [-0.4, -0.2) is 44.2 Å². The van der Waals surface area contributed by atoms with Gasteiger partial charge >= 0.3 is 6.03 Å². The summed E-state index contributed by atoms with van der Waals surface area (Å²) in [4.78, 5) is 25.2. The highest BCUT2D eigenvalue weighted by Gasteiger charge is 2.23. The maximum absolute atomic E-state index is 13.9. The summed E-state index contributed by atoms with van der Waals surface area (Å²) in [5.74, 6) is -0.539. The summed E-state index contributed by atoms with van der Waals surface area (Å²) in [6.07, 6.45) is 3.25. The zero-order valence-corrected chi connectivity index (χ0v) is 13.6. The number of para-hydroxylation sites is 1. The average Bonchev–Trinajstić information content (AvgIpc) is 2.59. The zero-order valence-electron chi connectivity index (χ0n) is 13.6. The van der Waals surface area contributed by atoms with Crippen molar-refractivity contribution < 1.29 is 14.0 Å². The maximum Gasteiger partial charge on any atom is 0.315 e. The van der Waals surface area contributed by atoms with Gasteiger partial charge in [-0.25, -0.2) is 9.18 Å². The molecule has 1 aromatic carbocycles. The number of halogens is 1. The van der Waals surface area contributed by atoms with Crippen molar-refractivity contribution in [2.24, 2.45) is 0 Å². The number of anilines is 1. The first-order valence-corrected chi connectivity index (χ1v) is 8.01. The summed E-state index contributed by atoms with van der Waals surface area (Å²) in [7, 11) is 0. The number of urea groups is 1. The van der Waals surface area contributed by atoms with Crippen molar-refractivity contribution in [1.82, 2.24) is 16.0 Å². The fourth-order valence-electron chi connectivity index (χ4n) is 2.67. The highest BCUT2D eigenvalue weighted by Crippen LogP contribution is 2.22. The Hall–Kier alpha value is -2.57. The minimum atomic E-state index is -0.399. The van der Waals surface area contributed by atoms with E-state index in [1.807, 2.05) is 4.90 Å². The first-order valence-electron chi connectivity index (χ1n) is 8.01. The number of piperidine rings is 1. The van der Waals surface area contributed by atoms with Gasteiger partial charge in [-0.15, -0.1) is 6.58 Å². The molecule has 0 saturated carbocycles. The third-order valence-corrected chi connectivity index (χ3v) is 3.80. The van der Waals surface area contributed by atoms with E-state index in [1.54, 1.807) is 24.3 Å². The number of rotatable bonds is 6. The van der Waals surface area contributed by atoms with Gasteiger partial charge in [0.1, 0.15) is 5.82 Å². The van der Waals surface area contributed by atoms with E-state index >= 15 is 0 Å². The van der Waals surface area contributed by atoms with Crippen LogP contribution in [-0.2, 0) is 4.79 Å². The van der Waals surface area contributed by atoms with Crippen LogP contribution in [0.3, 0.4) is 0 Å². The minimum Gasteiger partial charge on any atom is -0.367 e. The maximum atomic E-state index is 13.9. The van der Waals surface area contributed by atoms with Gasteiger partial charge in [0, 0.05) is 25.7 Å². The molecule has 6 nitrogen and oxygen atoms in total. The van der Waals surface area contributed by atoms with E-state index < -0.39 is 6.03 Å². The van der Waals surface area contributed by atoms with Gasteiger partial charge in [0.2, 0.25) is 5.91 Å². The van der Waals surface area contributed by atoms with E-state index in [2.05, 4.69) is 22.5 Å². The molecular weight excluding hydrogens is 311 g/mol. The van der Waals surface area contributed by atoms with Gasteiger partial charge in [-0.2, -0.15) is 0 Å². The summed E-state index contributed by atoms with van der Waals surface area (Å²) in [5, 5.41) is 7.93. The molecule has 0 spiro atoms. The summed E-state index contributed by atoms with van der Waals surface area (Å²) in [5.41, 5.74) is 0.549. The van der Waals surface area contributed by atoms with Gasteiger partial charge in [0.05, 0.1) is 12.2 Å². The molecule has 0 aliphatic carbocycles. The number of hydrogen-bond donors (Lipinski definition) is 3. The molecule has 7 heteroatoms. The molecule has 0 aromatic heterocycles. The van der Waals surface area contributed by atoms with Crippen molar-refractivity contribution in [3.05, 3.63) is 42.7 Å². The lowest BCUT2D eigenvalue weighted by Gasteiger charge is -2.34. The number of nitrogens with zero attached hydrogens (tertiary/aromatic N) is 1. The first kappa shape index (κ1) is 17.8. The van der Waals surface area contributed by atoms with Crippen molar-refractivity contribution in [3.63, 3.8) is 0 Å². The van der Waals surface area contributed by atoms with Gasteiger partial charge in [-0.05, 0) is 25.0 Å². The molecule has 3 amide bonds. The Morgan fingerprint density at radius 3 is 2.88 bits per heavy atom. The molecular formula is C17H23FN4O2. The topological polar surface area (TPSA) is 73.5 Å². The van der Waals surface area contributed by atoms with Gasteiger partial charge in [-0.1, -0.05) is 18.2 Å². The molecule has 130 valence electrons. The van der Waals surface area contributed by atoms with Gasteiger partial charge in [0.15, 0.2) is 0 Å². The van der Waals surface area contributed by atoms with Crippen molar-refractivity contribution >= 4 is 17.6 Å². The monoisotopic (exact) mass is 334 g/mol. The van der Waals surface area contributed by atoms with Gasteiger partial charge in [-0.3, -0.25) is 4.79 Å². The van der Waals surface area contributed by atoms with E-state index in [4.69, 9.17) is 0 Å². The number of hydrogen-bond acceptors (Lipinski definition) is 3. The molecule has 0 bridgehead atoms. The summed E-state index contributed by atoms with van der Waals surface area (Å²) >= 11 is 0. The van der Waals surface area contributed by atoms with Crippen LogP contribution in [0, 0.1) is 5.82 Å². The normalized spacial score (nSPS) is 17.0. The van der Waals surface area contributed by atoms with Crippen LogP contribution in [0.2, 0.25) is 0 Å². The Balaban J connectivity index is 1.80. The number of carbonyl (C=O) groups excluding carboxylic acids is 2. The Kier molecular flexibility index (Phi) is 6.60. The molecule has 1 aliphatic heterocycles. The lowest BCUT2D eigenvalue weighted by atomic mass is 10.0. The highest BCUT2D eigenvalue weighted by molar-refractivity contribution is 5.84. The van der Waals surface area contributed by atoms with Crippen LogP contribution in [0.15, 0.2) is 36.9 Å². The van der Waals surface area contributed by atoms with Crippen molar-refractivity contribution in [1.29, 1.82) is 0 Å². The van der Waals surface area contributed by atoms with Crippen LogP contribution >= 0.6 is 0 Å². The van der Waals surface area contributed by atoms with Crippen LogP contribution < -0.4 is 20.9 Å². The SMILES string of the molecule is C=CCNC(=O)CNC(=O)N[C@H]1CCCN(c2ccccc2F)C1. The zero-order chi connectivity index (χ0) is 17.4. The second kappa shape index (κ2) is 8.90. The predicted octanol–water partition coefficient (Wildman–Crippen LogP) is 1.40. The smallest absolute Gasteiger partial charge is 0.315 e. The highest BCUT2D eigenvalue weighted by atomic mass is 19.1. The lowest BCUT2D eigenvalue weighted by Crippen LogP contribution is -2.52. The lowest BCUT2D eigenvalue weighted by molar-refractivity contribution is -0.119. The largest absolute Gasteiger partial charge is 0.367 e. The Morgan fingerprint density at radius 2 is 2.12 bits per heavy atom. The number of nitrogens with one attached hydrogen (secondary N) is 3. The van der Waals surface area contributed by atoms with Gasteiger partial charge < -0.3 is 20.9 Å². The van der Waals surface area contributed by atoms with Gasteiger partial charge in [0.25, 0.3) is 0 Å². The Labute approximate surface area is 141 Å². The van der Waals surface area contributed by atoms with Crippen LogP contribution in [0.25, 0.3) is 0 Å². The van der Waals surface area contributed by atoms with E-state index in [-0.39, 0.29) is 24.3 Å². The molecule has 2 rings (SSSR count). The first-order chi connectivity index (χ1) is 11.6. The second-order valence-corrected chi connectivity index (χ2v) is 5.66. The Bertz CT molecular complexity index is 594. The molecule has 1 heterocycles. The standard InChI is InChI=1S/C17H23FN4O2/c1-2-9-19-16(23)11-20-17(24)21-13-6-5-10-22(12-13)15-8-4-3-7-14(15)18/h2-4,7-8,13H,1,5-6,9-12H2,(H,19,23)(H2,20,21,24)/t13-/m0/s1. The van der Waals surface area contributed by atoms with E-state index in [1.165, 1.54) is 6.07 Å². The molecule has 0 unspecified atom stereocenters. The van der Waals surface area contributed by atoms with Crippen LogP contribution in [0.5, 0.6) is 0 Å². The molecule has 3 N–H and O–H groups in total. The fraction of sp³-hybridized carbons (Fsp3) is 0.412. The number of carbonyl (C=O) groups is 2. The van der Waals surface area contributed by atoms with E-state index in [0.29, 0.717) is 18.8 Å². The van der Waals surface area contributed by atoms with E-state index in [0.717, 1.165) is 19.4 Å². The molecule has 1 fully saturated rings. The Morgan fingerprint density at radius 1 is 1.33 bits per heavy atom. The third-order valence-electron chi connectivity index (χ3n) is 3.80. The van der Waals surface area contributed by atoms with Crippen molar-refractivity contribution in [2.45, 2.75) is 18.9 Å². The molecule has 1 aromatic rings. The fourth-order valence-corrected chi connectivity index (χ4v) is 2.67. The third kappa shape index (κ3) is 5.26. The molecule has 1 saturated heterocycles. The molecule has 1 aliphatic rings.